The van der Waals surface area contributed by atoms with E-state index >= 15 is 0 Å². The van der Waals surface area contributed by atoms with Crippen LogP contribution in [-0.2, 0) is 4.74 Å². The monoisotopic (exact) mass is 180 g/mol. The average Bonchev–Trinajstić information content (AvgIpc) is 2.17. The van der Waals surface area contributed by atoms with E-state index in [0.29, 0.717) is 5.56 Å². The predicted octanol–water partition coefficient (Wildman–Crippen LogP) is 1.07. The van der Waals surface area contributed by atoms with Gasteiger partial charge in [-0.2, -0.15) is 0 Å². The number of nitrogen functional groups attached to an aromatic ring is 1. The first-order chi connectivity index (χ1) is 6.20. The second-order valence-electron chi connectivity index (χ2n) is 2.61. The Kier molecular flexibility index (Phi) is 2.87. The smallest absolute Gasteiger partial charge is 0.338 e. The fraction of sp³-hybridized carbons (Fsp3) is 0.222. The Morgan fingerprint density at radius 2 is 2.23 bits per heavy atom. The molecule has 0 heterocycles. The number of hydrogen-bond acceptors (Lipinski definition) is 4. The van der Waals surface area contributed by atoms with Gasteiger partial charge in [0.15, 0.2) is 0 Å². The van der Waals surface area contributed by atoms with Crippen LogP contribution in [0.1, 0.15) is 15.9 Å². The lowest BCUT2D eigenvalue weighted by Crippen LogP contribution is -2.11. The zero-order valence-electron chi connectivity index (χ0n) is 7.63. The van der Waals surface area contributed by atoms with Gasteiger partial charge in [0.2, 0.25) is 0 Å². The number of carbonyl (C=O) groups is 1. The van der Waals surface area contributed by atoms with Crippen molar-refractivity contribution < 1.29 is 9.53 Å². The van der Waals surface area contributed by atoms with Crippen molar-refractivity contribution in [1.29, 1.82) is 0 Å². The number of benzene rings is 1. The molecule has 0 unspecified atom stereocenters. The molecule has 0 bridgehead atoms. The molecular weight excluding hydrogens is 168 g/mol. The maximum atomic E-state index is 11.2. The van der Waals surface area contributed by atoms with Gasteiger partial charge in [-0.25, -0.2) is 4.79 Å². The maximum absolute atomic E-state index is 11.2. The standard InChI is InChI=1S/C9H12N2O2/c1-6-7(9(12)13-2)4-3-5-8(6)11-10/h3-5,11H,10H2,1-2H3. The topological polar surface area (TPSA) is 64.3 Å². The zero-order valence-corrected chi connectivity index (χ0v) is 7.63. The molecular formula is C9H12N2O2. The van der Waals surface area contributed by atoms with Crippen LogP contribution in [0.2, 0.25) is 0 Å². The number of carbonyl (C=O) groups excluding carboxylic acids is 1. The van der Waals surface area contributed by atoms with E-state index in [-0.39, 0.29) is 5.97 Å². The predicted molar refractivity (Wildman–Crippen MR) is 50.3 cm³/mol. The summed E-state index contributed by atoms with van der Waals surface area (Å²) in [6, 6.07) is 5.23. The molecule has 0 aliphatic heterocycles. The van der Waals surface area contributed by atoms with E-state index in [1.165, 1.54) is 7.11 Å². The van der Waals surface area contributed by atoms with E-state index in [1.807, 2.05) is 0 Å². The Balaban J connectivity index is 3.15. The summed E-state index contributed by atoms with van der Waals surface area (Å²) in [6.07, 6.45) is 0. The fourth-order valence-electron chi connectivity index (χ4n) is 1.12. The van der Waals surface area contributed by atoms with Gasteiger partial charge in [-0.3, -0.25) is 5.84 Å². The molecule has 0 amide bonds. The van der Waals surface area contributed by atoms with Gasteiger partial charge in [0.1, 0.15) is 0 Å². The number of hydrazine groups is 1. The molecule has 0 fully saturated rings. The molecule has 0 radical (unpaired) electrons. The SMILES string of the molecule is COC(=O)c1cccc(NN)c1C. The largest absolute Gasteiger partial charge is 0.465 e. The normalized spacial score (nSPS) is 9.46. The number of hydrogen-bond donors (Lipinski definition) is 2. The molecule has 1 aromatic rings. The fourth-order valence-corrected chi connectivity index (χ4v) is 1.12. The summed E-state index contributed by atoms with van der Waals surface area (Å²) < 4.78 is 4.61. The van der Waals surface area contributed by atoms with Crippen LogP contribution in [0.15, 0.2) is 18.2 Å². The van der Waals surface area contributed by atoms with Crippen molar-refractivity contribution in [3.05, 3.63) is 29.3 Å². The van der Waals surface area contributed by atoms with E-state index < -0.39 is 0 Å². The quantitative estimate of drug-likeness (QED) is 0.406. The molecule has 70 valence electrons. The van der Waals surface area contributed by atoms with Crippen molar-refractivity contribution in [2.75, 3.05) is 12.5 Å². The molecule has 0 aromatic heterocycles. The molecule has 0 atom stereocenters. The number of nitrogens with one attached hydrogen (secondary N) is 1. The molecule has 0 aliphatic rings. The molecule has 0 spiro atoms. The van der Waals surface area contributed by atoms with E-state index in [2.05, 4.69) is 10.2 Å². The van der Waals surface area contributed by atoms with Gasteiger partial charge in [-0.15, -0.1) is 0 Å². The van der Waals surface area contributed by atoms with Gasteiger partial charge < -0.3 is 10.2 Å². The van der Waals surface area contributed by atoms with Crippen LogP contribution in [0, 0.1) is 6.92 Å². The highest BCUT2D eigenvalue weighted by Gasteiger charge is 2.10. The third-order valence-electron chi connectivity index (χ3n) is 1.89. The number of ether oxygens (including phenoxy) is 1. The van der Waals surface area contributed by atoms with Gasteiger partial charge in [-0.1, -0.05) is 6.07 Å². The van der Waals surface area contributed by atoms with E-state index in [1.54, 1.807) is 25.1 Å². The van der Waals surface area contributed by atoms with Crippen LogP contribution < -0.4 is 11.3 Å². The maximum Gasteiger partial charge on any atom is 0.338 e. The number of anilines is 1. The average molecular weight is 180 g/mol. The highest BCUT2D eigenvalue weighted by atomic mass is 16.5. The Morgan fingerprint density at radius 1 is 1.54 bits per heavy atom. The Bertz CT molecular complexity index is 323. The summed E-state index contributed by atoms with van der Waals surface area (Å²) in [5, 5.41) is 0. The summed E-state index contributed by atoms with van der Waals surface area (Å²) >= 11 is 0. The number of rotatable bonds is 2. The molecule has 13 heavy (non-hydrogen) atoms. The van der Waals surface area contributed by atoms with E-state index in [9.17, 15) is 4.79 Å². The number of methoxy groups -OCH3 is 1. The number of esters is 1. The second kappa shape index (κ2) is 3.91. The van der Waals surface area contributed by atoms with Gasteiger partial charge in [0.05, 0.1) is 18.4 Å². The van der Waals surface area contributed by atoms with Crippen LogP contribution in [0.25, 0.3) is 0 Å². The Hall–Kier alpha value is -1.55. The lowest BCUT2D eigenvalue weighted by molar-refractivity contribution is 0.0600. The molecule has 4 heteroatoms. The zero-order chi connectivity index (χ0) is 9.84. The first kappa shape index (κ1) is 9.54. The highest BCUT2D eigenvalue weighted by Crippen LogP contribution is 2.18. The Morgan fingerprint density at radius 3 is 2.77 bits per heavy atom. The first-order valence-corrected chi connectivity index (χ1v) is 3.85. The summed E-state index contributed by atoms with van der Waals surface area (Å²) in [6.45, 7) is 1.81. The van der Waals surface area contributed by atoms with Gasteiger partial charge >= 0.3 is 5.97 Å². The summed E-state index contributed by atoms with van der Waals surface area (Å²) in [4.78, 5) is 11.2. The molecule has 3 N–H and O–H groups in total. The van der Waals surface area contributed by atoms with Crippen molar-refractivity contribution in [2.45, 2.75) is 6.92 Å². The molecule has 0 saturated carbocycles. The minimum absolute atomic E-state index is 0.352. The van der Waals surface area contributed by atoms with Gasteiger partial charge in [-0.05, 0) is 24.6 Å². The Labute approximate surface area is 76.7 Å². The highest BCUT2D eigenvalue weighted by molar-refractivity contribution is 5.92. The van der Waals surface area contributed by atoms with Gasteiger partial charge in [0, 0.05) is 0 Å². The lowest BCUT2D eigenvalue weighted by atomic mass is 10.1. The van der Waals surface area contributed by atoms with Crippen LogP contribution >= 0.6 is 0 Å². The van der Waals surface area contributed by atoms with E-state index in [4.69, 9.17) is 5.84 Å². The third-order valence-corrected chi connectivity index (χ3v) is 1.89. The number of nitrogens with two attached hydrogens (primary N) is 1. The van der Waals surface area contributed by atoms with Crippen LogP contribution in [0.4, 0.5) is 5.69 Å². The first-order valence-electron chi connectivity index (χ1n) is 3.85. The molecule has 0 saturated heterocycles. The minimum atomic E-state index is -0.352. The summed E-state index contributed by atoms with van der Waals surface area (Å²) in [5.41, 5.74) is 4.55. The van der Waals surface area contributed by atoms with Crippen LogP contribution in [0.5, 0.6) is 0 Å². The lowest BCUT2D eigenvalue weighted by Gasteiger charge is -2.08. The van der Waals surface area contributed by atoms with Crippen molar-refractivity contribution >= 4 is 11.7 Å². The molecule has 1 aromatic carbocycles. The summed E-state index contributed by atoms with van der Waals surface area (Å²) in [7, 11) is 1.35. The molecule has 1 rings (SSSR count). The van der Waals surface area contributed by atoms with Crippen molar-refractivity contribution in [3.63, 3.8) is 0 Å². The minimum Gasteiger partial charge on any atom is -0.465 e. The third kappa shape index (κ3) is 1.78. The van der Waals surface area contributed by atoms with Crippen molar-refractivity contribution in [3.8, 4) is 0 Å². The van der Waals surface area contributed by atoms with Crippen molar-refractivity contribution in [2.24, 2.45) is 5.84 Å². The van der Waals surface area contributed by atoms with Gasteiger partial charge in [0.25, 0.3) is 0 Å². The molecule has 4 nitrogen and oxygen atoms in total. The van der Waals surface area contributed by atoms with Crippen LogP contribution in [0.3, 0.4) is 0 Å². The van der Waals surface area contributed by atoms with Crippen LogP contribution in [-0.4, -0.2) is 13.1 Å². The molecule has 0 aliphatic carbocycles. The summed E-state index contributed by atoms with van der Waals surface area (Å²) in [5.74, 6) is 4.91. The van der Waals surface area contributed by atoms with Crippen molar-refractivity contribution in [1.82, 2.24) is 0 Å². The second-order valence-corrected chi connectivity index (χ2v) is 2.61. The van der Waals surface area contributed by atoms with E-state index in [0.717, 1.165) is 11.3 Å².